The van der Waals surface area contributed by atoms with Crippen LogP contribution in [-0.2, 0) is 9.84 Å². The van der Waals surface area contributed by atoms with Crippen LogP contribution in [0.1, 0.15) is 36.5 Å². The number of hydrogen-bond donors (Lipinski definition) is 1. The number of carbonyl (C=O) groups is 1. The predicted octanol–water partition coefficient (Wildman–Crippen LogP) is 1.45. The summed E-state index contributed by atoms with van der Waals surface area (Å²) in [6.45, 7) is 3.43. The average Bonchev–Trinajstić information content (AvgIpc) is 2.79. The van der Waals surface area contributed by atoms with Crippen molar-refractivity contribution in [1.29, 1.82) is 0 Å². The molecule has 1 aromatic rings. The zero-order chi connectivity index (χ0) is 15.7. The number of amides is 1. The van der Waals surface area contributed by atoms with E-state index in [0.717, 1.165) is 32.4 Å². The van der Waals surface area contributed by atoms with Gasteiger partial charge in [-0.15, -0.1) is 0 Å². The van der Waals surface area contributed by atoms with E-state index in [-0.39, 0.29) is 22.6 Å². The summed E-state index contributed by atoms with van der Waals surface area (Å²) >= 11 is 0. The van der Waals surface area contributed by atoms with Crippen LogP contribution < -0.4 is 5.32 Å². The van der Waals surface area contributed by atoms with Crippen LogP contribution in [0.4, 0.5) is 0 Å². The number of nitrogens with one attached hydrogen (secondary N) is 1. The Hall–Kier alpha value is -1.40. The first-order chi connectivity index (χ1) is 10.5. The van der Waals surface area contributed by atoms with Crippen molar-refractivity contribution < 1.29 is 13.2 Å². The predicted molar refractivity (Wildman–Crippen MR) is 84.6 cm³/mol. The molecule has 120 valence electrons. The number of fused-ring (bicyclic) bond motifs is 2. The van der Waals surface area contributed by atoms with Gasteiger partial charge >= 0.3 is 0 Å². The molecule has 0 spiro atoms. The highest BCUT2D eigenvalue weighted by Gasteiger charge is 2.38. The van der Waals surface area contributed by atoms with E-state index in [2.05, 4.69) is 5.32 Å². The van der Waals surface area contributed by atoms with Crippen LogP contribution in [0.15, 0.2) is 29.2 Å². The van der Waals surface area contributed by atoms with Gasteiger partial charge in [-0.1, -0.05) is 6.92 Å². The Kier molecular flexibility index (Phi) is 4.23. The monoisotopic (exact) mass is 322 g/mol. The van der Waals surface area contributed by atoms with Crippen molar-refractivity contribution in [3.05, 3.63) is 29.8 Å². The van der Waals surface area contributed by atoms with Crippen molar-refractivity contribution in [3.8, 4) is 0 Å². The second-order valence-corrected chi connectivity index (χ2v) is 8.30. The molecule has 0 radical (unpaired) electrons. The Bertz CT molecular complexity index is 640. The highest BCUT2D eigenvalue weighted by Crippen LogP contribution is 2.29. The van der Waals surface area contributed by atoms with E-state index in [1.807, 2.05) is 4.90 Å². The van der Waals surface area contributed by atoms with Crippen molar-refractivity contribution in [1.82, 2.24) is 10.2 Å². The third-order valence-corrected chi connectivity index (χ3v) is 6.48. The molecule has 3 rings (SSSR count). The van der Waals surface area contributed by atoms with Gasteiger partial charge in [-0.2, -0.15) is 0 Å². The van der Waals surface area contributed by atoms with Crippen LogP contribution in [0.3, 0.4) is 0 Å². The van der Waals surface area contributed by atoms with Crippen molar-refractivity contribution in [2.24, 2.45) is 0 Å². The van der Waals surface area contributed by atoms with Crippen molar-refractivity contribution in [3.63, 3.8) is 0 Å². The Morgan fingerprint density at radius 1 is 1.18 bits per heavy atom. The Morgan fingerprint density at radius 3 is 2.55 bits per heavy atom. The minimum atomic E-state index is -3.22. The van der Waals surface area contributed by atoms with E-state index in [4.69, 9.17) is 0 Å². The Morgan fingerprint density at radius 2 is 1.86 bits per heavy atom. The van der Waals surface area contributed by atoms with Crippen LogP contribution >= 0.6 is 0 Å². The van der Waals surface area contributed by atoms with Crippen LogP contribution in [0.25, 0.3) is 0 Å². The molecule has 2 heterocycles. The zero-order valence-corrected chi connectivity index (χ0v) is 13.6. The van der Waals surface area contributed by atoms with Crippen LogP contribution in [-0.4, -0.2) is 50.2 Å². The van der Waals surface area contributed by atoms with Gasteiger partial charge in [0.05, 0.1) is 10.6 Å². The van der Waals surface area contributed by atoms with E-state index in [9.17, 15) is 13.2 Å². The zero-order valence-electron chi connectivity index (χ0n) is 12.8. The molecular weight excluding hydrogens is 300 g/mol. The lowest BCUT2D eigenvalue weighted by Crippen LogP contribution is -2.42. The maximum absolute atomic E-state index is 12.8. The summed E-state index contributed by atoms with van der Waals surface area (Å²) < 4.78 is 23.7. The minimum absolute atomic E-state index is 0.0247. The molecule has 0 aromatic heterocycles. The molecular formula is C16H22N2O3S. The third-order valence-electron chi connectivity index (χ3n) is 4.73. The standard InChI is InChI=1S/C16H22N2O3S/c1-2-22(20,21)15-7-3-12(4-8-15)16(19)18-13-5-6-14(18)11-17-10-9-13/h3-4,7-8,13-14,17H,2,5-6,9-11H2,1H3. The molecule has 2 saturated heterocycles. The molecule has 0 saturated carbocycles. The minimum Gasteiger partial charge on any atom is -0.331 e. The number of carbonyl (C=O) groups excluding carboxylic acids is 1. The molecule has 1 amide bonds. The van der Waals surface area contributed by atoms with E-state index >= 15 is 0 Å². The van der Waals surface area contributed by atoms with Crippen molar-refractivity contribution >= 4 is 15.7 Å². The summed E-state index contributed by atoms with van der Waals surface area (Å²) in [4.78, 5) is 15.1. The lowest BCUT2D eigenvalue weighted by molar-refractivity contribution is 0.0680. The molecule has 5 nitrogen and oxygen atoms in total. The molecule has 0 aliphatic carbocycles. The largest absolute Gasteiger partial charge is 0.331 e. The van der Waals surface area contributed by atoms with Gasteiger partial charge in [0, 0.05) is 24.2 Å². The highest BCUT2D eigenvalue weighted by atomic mass is 32.2. The number of sulfone groups is 1. The molecule has 22 heavy (non-hydrogen) atoms. The molecule has 1 aromatic carbocycles. The van der Waals surface area contributed by atoms with Gasteiger partial charge < -0.3 is 10.2 Å². The van der Waals surface area contributed by atoms with Crippen molar-refractivity contribution in [2.75, 3.05) is 18.8 Å². The number of hydrogen-bond acceptors (Lipinski definition) is 4. The first-order valence-corrected chi connectivity index (χ1v) is 9.54. The van der Waals surface area contributed by atoms with Crippen LogP contribution in [0.2, 0.25) is 0 Å². The molecule has 1 N–H and O–H groups in total. The Balaban J connectivity index is 1.83. The summed E-state index contributed by atoms with van der Waals surface area (Å²) in [5.74, 6) is 0.0963. The second kappa shape index (κ2) is 6.01. The molecule has 2 bridgehead atoms. The van der Waals surface area contributed by atoms with Crippen LogP contribution in [0, 0.1) is 0 Å². The van der Waals surface area contributed by atoms with Gasteiger partial charge in [0.15, 0.2) is 9.84 Å². The average molecular weight is 322 g/mol. The molecule has 2 atom stereocenters. The highest BCUT2D eigenvalue weighted by molar-refractivity contribution is 7.91. The quantitative estimate of drug-likeness (QED) is 0.914. The van der Waals surface area contributed by atoms with Gasteiger partial charge in [-0.25, -0.2) is 8.42 Å². The molecule has 6 heteroatoms. The van der Waals surface area contributed by atoms with Gasteiger partial charge in [0.1, 0.15) is 0 Å². The molecule has 2 aliphatic heterocycles. The van der Waals surface area contributed by atoms with E-state index in [1.54, 1.807) is 31.2 Å². The van der Waals surface area contributed by atoms with E-state index in [1.165, 1.54) is 0 Å². The number of rotatable bonds is 3. The van der Waals surface area contributed by atoms with Gasteiger partial charge in [0.2, 0.25) is 0 Å². The fraction of sp³-hybridized carbons (Fsp3) is 0.562. The smallest absolute Gasteiger partial charge is 0.254 e. The molecule has 2 aliphatic rings. The normalized spacial score (nSPS) is 25.0. The molecule has 2 fully saturated rings. The van der Waals surface area contributed by atoms with Gasteiger partial charge in [0.25, 0.3) is 5.91 Å². The fourth-order valence-corrected chi connectivity index (χ4v) is 4.32. The summed E-state index contributed by atoms with van der Waals surface area (Å²) in [5, 5.41) is 3.38. The van der Waals surface area contributed by atoms with E-state index < -0.39 is 9.84 Å². The third kappa shape index (κ3) is 2.77. The summed E-state index contributed by atoms with van der Waals surface area (Å²) in [6.07, 6.45) is 3.11. The second-order valence-electron chi connectivity index (χ2n) is 6.02. The first-order valence-electron chi connectivity index (χ1n) is 7.89. The SMILES string of the molecule is CCS(=O)(=O)c1ccc(C(=O)N2C3CCNCC2CC3)cc1. The van der Waals surface area contributed by atoms with Crippen LogP contribution in [0.5, 0.6) is 0 Å². The summed E-state index contributed by atoms with van der Waals surface area (Å²) in [7, 11) is -3.22. The molecule has 2 unspecified atom stereocenters. The Labute approximate surface area is 131 Å². The lowest BCUT2D eigenvalue weighted by Gasteiger charge is -2.28. The van der Waals surface area contributed by atoms with E-state index in [0.29, 0.717) is 11.6 Å². The van der Waals surface area contributed by atoms with Gasteiger partial charge in [-0.3, -0.25) is 4.79 Å². The fourth-order valence-electron chi connectivity index (χ4n) is 3.43. The maximum atomic E-state index is 12.8. The lowest BCUT2D eigenvalue weighted by atomic mass is 10.1. The maximum Gasteiger partial charge on any atom is 0.254 e. The van der Waals surface area contributed by atoms with Gasteiger partial charge in [-0.05, 0) is 50.1 Å². The number of benzene rings is 1. The number of nitrogens with zero attached hydrogens (tertiary/aromatic N) is 1. The topological polar surface area (TPSA) is 66.5 Å². The first kappa shape index (κ1) is 15.5. The summed E-state index contributed by atoms with van der Waals surface area (Å²) in [6, 6.07) is 6.95. The summed E-state index contributed by atoms with van der Waals surface area (Å²) in [5.41, 5.74) is 0.578. The van der Waals surface area contributed by atoms with Crippen molar-refractivity contribution in [2.45, 2.75) is 43.2 Å².